The number of benzene rings is 1. The zero-order valence-electron chi connectivity index (χ0n) is 12.9. The number of hydrogen-bond donors (Lipinski definition) is 1. The van der Waals surface area contributed by atoms with Gasteiger partial charge in [0, 0.05) is 11.8 Å². The van der Waals surface area contributed by atoms with E-state index >= 15 is 0 Å². The topological polar surface area (TPSA) is 50.8 Å². The number of alkyl halides is 3. The van der Waals surface area contributed by atoms with E-state index in [1.807, 2.05) is 41.8 Å². The van der Waals surface area contributed by atoms with Crippen molar-refractivity contribution in [3.63, 3.8) is 0 Å². The second kappa shape index (κ2) is 7.29. The highest BCUT2D eigenvalue weighted by Crippen LogP contribution is 2.31. The van der Waals surface area contributed by atoms with Gasteiger partial charge in [-0.3, -0.25) is 0 Å². The lowest BCUT2D eigenvalue weighted by Gasteiger charge is -2.22. The summed E-state index contributed by atoms with van der Waals surface area (Å²) >= 11 is 2.01. The predicted octanol–water partition coefficient (Wildman–Crippen LogP) is 4.67. The maximum atomic E-state index is 12.3. The third kappa shape index (κ3) is 4.53. The van der Waals surface area contributed by atoms with Crippen molar-refractivity contribution in [3.8, 4) is 5.75 Å². The van der Waals surface area contributed by atoms with Crippen LogP contribution in [0.4, 0.5) is 13.2 Å². The summed E-state index contributed by atoms with van der Waals surface area (Å²) in [7, 11) is 0. The average Bonchev–Trinajstić information content (AvgIpc) is 2.46. The van der Waals surface area contributed by atoms with Crippen LogP contribution in [0.3, 0.4) is 0 Å². The molecule has 1 heterocycles. The molecule has 0 bridgehead atoms. The summed E-state index contributed by atoms with van der Waals surface area (Å²) in [5.41, 5.74) is 8.58. The summed E-state index contributed by atoms with van der Waals surface area (Å²) in [4.78, 5) is 6.12. The highest BCUT2D eigenvalue weighted by Gasteiger charge is 2.31. The van der Waals surface area contributed by atoms with Gasteiger partial charge in [-0.15, -0.1) is 13.2 Å². The van der Waals surface area contributed by atoms with Crippen molar-refractivity contribution < 1.29 is 17.9 Å². The fourth-order valence-electron chi connectivity index (χ4n) is 2.17. The molecule has 4 nitrogen and oxygen atoms in total. The third-order valence-corrected chi connectivity index (χ3v) is 3.69. The molecule has 1 aromatic rings. The Hall–Kier alpha value is -1.97. The summed E-state index contributed by atoms with van der Waals surface area (Å²) in [6, 6.07) is 4.14. The molecule has 0 atom stereocenters. The van der Waals surface area contributed by atoms with Crippen LogP contribution in [-0.2, 0) is 0 Å². The Morgan fingerprint density at radius 2 is 2.08 bits per heavy atom. The summed E-state index contributed by atoms with van der Waals surface area (Å²) in [6.45, 7) is 3.57. The Kier molecular flexibility index (Phi) is 5.58. The highest BCUT2D eigenvalue weighted by molar-refractivity contribution is 14.1. The van der Waals surface area contributed by atoms with Crippen LogP contribution in [0, 0.1) is 6.92 Å². The molecule has 0 saturated carbocycles. The van der Waals surface area contributed by atoms with Crippen LogP contribution in [0.15, 0.2) is 50.9 Å². The molecular formula is C16H15F3IN3O. The SMILES string of the molecule is C/C=C\N1C=NC(c2ccc(OC(F)(F)F)cc2C)=C/C1=C(/N)I. The molecule has 128 valence electrons. The lowest BCUT2D eigenvalue weighted by Crippen LogP contribution is -2.19. The van der Waals surface area contributed by atoms with Crippen LogP contribution in [-0.4, -0.2) is 17.6 Å². The van der Waals surface area contributed by atoms with E-state index in [4.69, 9.17) is 5.73 Å². The molecule has 0 amide bonds. The Morgan fingerprint density at radius 1 is 1.38 bits per heavy atom. The second-order valence-electron chi connectivity index (χ2n) is 4.92. The first kappa shape index (κ1) is 18.4. The van der Waals surface area contributed by atoms with E-state index in [-0.39, 0.29) is 5.75 Å². The maximum absolute atomic E-state index is 12.3. The molecule has 2 rings (SSSR count). The van der Waals surface area contributed by atoms with Crippen molar-refractivity contribution in [2.24, 2.45) is 10.7 Å². The Labute approximate surface area is 151 Å². The van der Waals surface area contributed by atoms with E-state index in [0.717, 1.165) is 5.70 Å². The molecule has 0 saturated heterocycles. The van der Waals surface area contributed by atoms with Gasteiger partial charge in [0.05, 0.1) is 21.4 Å². The molecule has 8 heteroatoms. The molecule has 0 unspecified atom stereocenters. The van der Waals surface area contributed by atoms with Crippen molar-refractivity contribution in [1.82, 2.24) is 4.90 Å². The number of rotatable bonds is 3. The fraction of sp³-hybridized carbons (Fsp3) is 0.188. The van der Waals surface area contributed by atoms with Crippen molar-refractivity contribution >= 4 is 34.6 Å². The lowest BCUT2D eigenvalue weighted by molar-refractivity contribution is -0.274. The quantitative estimate of drug-likeness (QED) is 0.539. The van der Waals surface area contributed by atoms with Gasteiger partial charge in [0.25, 0.3) is 0 Å². The zero-order valence-corrected chi connectivity index (χ0v) is 15.1. The fourth-order valence-corrected chi connectivity index (χ4v) is 2.60. The van der Waals surface area contributed by atoms with E-state index < -0.39 is 6.36 Å². The second-order valence-corrected chi connectivity index (χ2v) is 6.08. The lowest BCUT2D eigenvalue weighted by atomic mass is 10.0. The Bertz CT molecular complexity index is 747. The van der Waals surface area contributed by atoms with Crippen molar-refractivity contribution in [2.75, 3.05) is 0 Å². The zero-order chi connectivity index (χ0) is 17.9. The maximum Gasteiger partial charge on any atom is 0.573 e. The molecule has 1 aliphatic heterocycles. The summed E-state index contributed by atoms with van der Waals surface area (Å²) < 4.78 is 41.4. The first-order chi connectivity index (χ1) is 11.2. The number of allylic oxidation sites excluding steroid dienone is 2. The normalized spacial score (nSPS) is 17.2. The molecule has 1 aromatic carbocycles. The summed E-state index contributed by atoms with van der Waals surface area (Å²) in [6.07, 6.45) is 2.34. The van der Waals surface area contributed by atoms with Gasteiger partial charge in [0.2, 0.25) is 0 Å². The van der Waals surface area contributed by atoms with Crippen LogP contribution in [0.1, 0.15) is 18.1 Å². The van der Waals surface area contributed by atoms with Gasteiger partial charge in [-0.25, -0.2) is 4.99 Å². The van der Waals surface area contributed by atoms with E-state index in [2.05, 4.69) is 9.73 Å². The van der Waals surface area contributed by atoms with Crippen molar-refractivity contribution in [3.05, 3.63) is 57.1 Å². The third-order valence-electron chi connectivity index (χ3n) is 3.13. The number of nitrogens with zero attached hydrogens (tertiary/aromatic N) is 2. The molecule has 2 N–H and O–H groups in total. The van der Waals surface area contributed by atoms with Crippen LogP contribution in [0.25, 0.3) is 5.70 Å². The summed E-state index contributed by atoms with van der Waals surface area (Å²) in [5, 5.41) is 0. The molecule has 24 heavy (non-hydrogen) atoms. The monoisotopic (exact) mass is 449 g/mol. The van der Waals surface area contributed by atoms with E-state index in [9.17, 15) is 13.2 Å². The number of aliphatic imine (C=N–C) groups is 1. The highest BCUT2D eigenvalue weighted by atomic mass is 127. The molecular weight excluding hydrogens is 434 g/mol. The standard InChI is InChI=1S/C16H15F3IN3O/c1-3-6-23-9-22-13(8-14(23)15(20)21)12-5-4-11(7-10(12)2)24-16(17,18)19/h3-9H,21H2,1-2H3/b6-3-,15-14-. The van der Waals surface area contributed by atoms with Crippen molar-refractivity contribution in [1.29, 1.82) is 0 Å². The van der Waals surface area contributed by atoms with Crippen LogP contribution >= 0.6 is 22.6 Å². The molecule has 1 aliphatic rings. The Balaban J connectivity index is 2.37. The minimum absolute atomic E-state index is 0.260. The van der Waals surface area contributed by atoms with E-state index in [0.29, 0.717) is 20.5 Å². The van der Waals surface area contributed by atoms with Gasteiger partial charge in [-0.2, -0.15) is 0 Å². The summed E-state index contributed by atoms with van der Waals surface area (Å²) in [5.74, 6) is -0.260. The van der Waals surface area contributed by atoms with Crippen molar-refractivity contribution in [2.45, 2.75) is 20.2 Å². The predicted molar refractivity (Wildman–Crippen MR) is 96.2 cm³/mol. The number of halogens is 4. The number of hydrogen-bond acceptors (Lipinski definition) is 4. The first-order valence-corrected chi connectivity index (χ1v) is 7.98. The number of aryl methyl sites for hydroxylation is 1. The van der Waals surface area contributed by atoms with Crippen LogP contribution < -0.4 is 10.5 Å². The van der Waals surface area contributed by atoms with Gasteiger partial charge in [-0.1, -0.05) is 6.08 Å². The van der Waals surface area contributed by atoms with E-state index in [1.165, 1.54) is 12.1 Å². The van der Waals surface area contributed by atoms with Gasteiger partial charge in [0.1, 0.15) is 5.75 Å². The average molecular weight is 449 g/mol. The molecule has 0 aromatic heterocycles. The van der Waals surface area contributed by atoms with Gasteiger partial charge in [0.15, 0.2) is 0 Å². The Morgan fingerprint density at radius 3 is 2.62 bits per heavy atom. The van der Waals surface area contributed by atoms with E-state index in [1.54, 1.807) is 30.3 Å². The smallest absolute Gasteiger partial charge is 0.406 e. The number of ether oxygens (including phenoxy) is 1. The van der Waals surface area contributed by atoms with Gasteiger partial charge in [-0.05, 0) is 66.3 Å². The number of nitrogens with two attached hydrogens (primary N) is 1. The largest absolute Gasteiger partial charge is 0.573 e. The van der Waals surface area contributed by atoms with Gasteiger partial charge < -0.3 is 15.4 Å². The molecule has 0 radical (unpaired) electrons. The van der Waals surface area contributed by atoms with Crippen LogP contribution in [0.5, 0.6) is 5.75 Å². The minimum atomic E-state index is -4.71. The first-order valence-electron chi connectivity index (χ1n) is 6.90. The molecule has 0 spiro atoms. The van der Waals surface area contributed by atoms with Crippen LogP contribution in [0.2, 0.25) is 0 Å². The molecule has 0 fully saturated rings. The molecule has 0 aliphatic carbocycles. The minimum Gasteiger partial charge on any atom is -0.406 e. The van der Waals surface area contributed by atoms with Gasteiger partial charge >= 0.3 is 6.36 Å².